The van der Waals surface area contributed by atoms with Crippen molar-refractivity contribution < 1.29 is 19.1 Å². The number of furan rings is 1. The molecule has 2 heterocycles. The summed E-state index contributed by atoms with van der Waals surface area (Å²) in [5.74, 6) is -0.340. The molecule has 0 fully saturated rings. The molecule has 0 aliphatic heterocycles. The predicted octanol–water partition coefficient (Wildman–Crippen LogP) is 3.25. The van der Waals surface area contributed by atoms with Gasteiger partial charge in [0.05, 0.1) is 11.6 Å². The van der Waals surface area contributed by atoms with E-state index in [1.54, 1.807) is 6.92 Å². The summed E-state index contributed by atoms with van der Waals surface area (Å²) in [6, 6.07) is 3.66. The van der Waals surface area contributed by atoms with Crippen LogP contribution in [-0.4, -0.2) is 28.5 Å². The van der Waals surface area contributed by atoms with E-state index < -0.39 is 11.9 Å². The van der Waals surface area contributed by atoms with Gasteiger partial charge in [0.25, 0.3) is 5.91 Å². The number of nitrogens with one attached hydrogen (secondary N) is 1. The molecule has 23 heavy (non-hydrogen) atoms. The molecule has 1 atom stereocenters. The second kappa shape index (κ2) is 7.41. The van der Waals surface area contributed by atoms with Gasteiger partial charge in [0.1, 0.15) is 10.6 Å². The quantitative estimate of drug-likeness (QED) is 0.809. The van der Waals surface area contributed by atoms with Crippen molar-refractivity contribution in [3.8, 4) is 10.8 Å². The molecule has 0 aliphatic carbocycles. The first kappa shape index (κ1) is 17.2. The smallest absolute Gasteiger partial charge is 0.308 e. The average Bonchev–Trinajstić information content (AvgIpc) is 3.08. The number of aromatic nitrogens is 1. The molecule has 2 aromatic heterocycles. The highest BCUT2D eigenvalue weighted by Crippen LogP contribution is 2.29. The Hall–Kier alpha value is -2.15. The first-order valence-electron chi connectivity index (χ1n) is 7.47. The van der Waals surface area contributed by atoms with Crippen LogP contribution >= 0.6 is 11.3 Å². The van der Waals surface area contributed by atoms with Crippen molar-refractivity contribution in [1.82, 2.24) is 10.3 Å². The Morgan fingerprint density at radius 1 is 1.39 bits per heavy atom. The van der Waals surface area contributed by atoms with Gasteiger partial charge < -0.3 is 14.8 Å². The highest BCUT2D eigenvalue weighted by atomic mass is 32.1. The number of carboxylic acids is 1. The van der Waals surface area contributed by atoms with Crippen molar-refractivity contribution in [3.63, 3.8) is 0 Å². The molecule has 2 N–H and O–H groups in total. The molecule has 0 spiro atoms. The molecule has 0 aliphatic rings. The van der Waals surface area contributed by atoms with Crippen molar-refractivity contribution in [2.24, 2.45) is 5.92 Å². The Morgan fingerprint density at radius 2 is 2.13 bits per heavy atom. The molecule has 0 bridgehead atoms. The number of aliphatic carboxylic acids is 1. The molecule has 6 nitrogen and oxygen atoms in total. The van der Waals surface area contributed by atoms with Crippen LogP contribution in [-0.2, 0) is 4.79 Å². The molecule has 0 saturated carbocycles. The lowest BCUT2D eigenvalue weighted by Crippen LogP contribution is -2.32. The van der Waals surface area contributed by atoms with Gasteiger partial charge in [-0.3, -0.25) is 9.59 Å². The number of aryl methyl sites for hydroxylation is 2. The van der Waals surface area contributed by atoms with Crippen LogP contribution in [0.25, 0.3) is 10.8 Å². The van der Waals surface area contributed by atoms with Crippen LogP contribution in [0.15, 0.2) is 16.5 Å². The molecular weight excluding hydrogens is 316 g/mol. The lowest BCUT2D eigenvalue weighted by Gasteiger charge is -2.11. The zero-order chi connectivity index (χ0) is 17.0. The summed E-state index contributed by atoms with van der Waals surface area (Å²) in [6.45, 7) is 5.64. The van der Waals surface area contributed by atoms with E-state index in [1.807, 2.05) is 26.0 Å². The van der Waals surface area contributed by atoms with Crippen molar-refractivity contribution in [1.29, 1.82) is 0 Å². The van der Waals surface area contributed by atoms with Crippen LogP contribution in [0.2, 0.25) is 0 Å². The SMILES string of the molecule is CCCC(CNC(=O)c1sc(-c2ccc(C)o2)nc1C)C(=O)O. The van der Waals surface area contributed by atoms with E-state index in [4.69, 9.17) is 9.52 Å². The summed E-state index contributed by atoms with van der Waals surface area (Å²) >= 11 is 1.24. The lowest BCUT2D eigenvalue weighted by molar-refractivity contribution is -0.141. The lowest BCUT2D eigenvalue weighted by atomic mass is 10.0. The van der Waals surface area contributed by atoms with Gasteiger partial charge >= 0.3 is 5.97 Å². The number of carbonyl (C=O) groups excluding carboxylic acids is 1. The van der Waals surface area contributed by atoms with Gasteiger partial charge in [-0.1, -0.05) is 13.3 Å². The minimum Gasteiger partial charge on any atom is -0.481 e. The van der Waals surface area contributed by atoms with E-state index in [-0.39, 0.29) is 12.5 Å². The highest BCUT2D eigenvalue weighted by molar-refractivity contribution is 7.17. The minimum atomic E-state index is -0.889. The second-order valence-corrected chi connectivity index (χ2v) is 6.38. The summed E-state index contributed by atoms with van der Waals surface area (Å²) < 4.78 is 5.52. The standard InChI is InChI=1S/C16H20N2O4S/c1-4-5-11(16(20)21)8-17-14(19)13-10(3)18-15(23-13)12-7-6-9(2)22-12/h6-7,11H,4-5,8H2,1-3H3,(H,17,19)(H,20,21). The number of hydrogen-bond acceptors (Lipinski definition) is 5. The van der Waals surface area contributed by atoms with E-state index in [9.17, 15) is 9.59 Å². The zero-order valence-electron chi connectivity index (χ0n) is 13.4. The summed E-state index contributed by atoms with van der Waals surface area (Å²) in [6.07, 6.45) is 1.29. The van der Waals surface area contributed by atoms with Gasteiger partial charge in [0.15, 0.2) is 10.8 Å². The van der Waals surface area contributed by atoms with Gasteiger partial charge in [-0.2, -0.15) is 0 Å². The fraction of sp³-hybridized carbons (Fsp3) is 0.438. The van der Waals surface area contributed by atoms with Gasteiger partial charge in [-0.25, -0.2) is 4.98 Å². The summed E-state index contributed by atoms with van der Waals surface area (Å²) in [5, 5.41) is 12.5. The normalized spacial score (nSPS) is 12.1. The monoisotopic (exact) mass is 336 g/mol. The first-order chi connectivity index (χ1) is 10.9. The average molecular weight is 336 g/mol. The fourth-order valence-corrected chi connectivity index (χ4v) is 3.16. The van der Waals surface area contributed by atoms with Crippen molar-refractivity contribution in [3.05, 3.63) is 28.5 Å². The topological polar surface area (TPSA) is 92.4 Å². The van der Waals surface area contributed by atoms with E-state index in [1.165, 1.54) is 11.3 Å². The van der Waals surface area contributed by atoms with Crippen LogP contribution in [0.4, 0.5) is 0 Å². The van der Waals surface area contributed by atoms with Gasteiger partial charge in [-0.15, -0.1) is 11.3 Å². The molecule has 1 amide bonds. The van der Waals surface area contributed by atoms with Crippen molar-refractivity contribution in [2.45, 2.75) is 33.6 Å². The van der Waals surface area contributed by atoms with E-state index in [2.05, 4.69) is 10.3 Å². The van der Waals surface area contributed by atoms with Crippen LogP contribution in [0.1, 0.15) is 40.9 Å². The minimum absolute atomic E-state index is 0.120. The molecule has 7 heteroatoms. The van der Waals surface area contributed by atoms with Crippen LogP contribution in [0.5, 0.6) is 0 Å². The fourth-order valence-electron chi connectivity index (χ4n) is 2.22. The van der Waals surface area contributed by atoms with Crippen LogP contribution in [0, 0.1) is 19.8 Å². The van der Waals surface area contributed by atoms with Gasteiger partial charge in [0.2, 0.25) is 0 Å². The largest absolute Gasteiger partial charge is 0.481 e. The Labute approximate surface area is 138 Å². The Kier molecular flexibility index (Phi) is 5.54. The number of hydrogen-bond donors (Lipinski definition) is 2. The number of nitrogens with zero attached hydrogens (tertiary/aromatic N) is 1. The van der Waals surface area contributed by atoms with E-state index in [0.29, 0.717) is 27.8 Å². The maximum absolute atomic E-state index is 12.3. The van der Waals surface area contributed by atoms with E-state index in [0.717, 1.165) is 12.2 Å². The first-order valence-corrected chi connectivity index (χ1v) is 8.29. The molecular formula is C16H20N2O4S. The molecule has 2 rings (SSSR count). The molecule has 0 radical (unpaired) electrons. The van der Waals surface area contributed by atoms with Gasteiger partial charge in [-0.05, 0) is 32.4 Å². The number of rotatable bonds is 7. The maximum atomic E-state index is 12.3. The molecule has 2 aromatic rings. The van der Waals surface area contributed by atoms with Crippen LogP contribution < -0.4 is 5.32 Å². The summed E-state index contributed by atoms with van der Waals surface area (Å²) in [4.78, 5) is 28.2. The Morgan fingerprint density at radius 3 is 2.70 bits per heavy atom. The van der Waals surface area contributed by atoms with Gasteiger partial charge in [0, 0.05) is 6.54 Å². The van der Waals surface area contributed by atoms with Crippen LogP contribution in [0.3, 0.4) is 0 Å². The number of carbonyl (C=O) groups is 2. The zero-order valence-corrected chi connectivity index (χ0v) is 14.2. The summed E-state index contributed by atoms with van der Waals surface area (Å²) in [5.41, 5.74) is 0.610. The Balaban J connectivity index is 2.08. The highest BCUT2D eigenvalue weighted by Gasteiger charge is 2.21. The molecule has 0 aromatic carbocycles. The number of amides is 1. The second-order valence-electron chi connectivity index (χ2n) is 5.38. The maximum Gasteiger partial charge on any atom is 0.308 e. The van der Waals surface area contributed by atoms with E-state index >= 15 is 0 Å². The number of thiazole rings is 1. The molecule has 124 valence electrons. The Bertz CT molecular complexity index is 705. The number of carboxylic acid groups (broad SMARTS) is 1. The predicted molar refractivity (Wildman–Crippen MR) is 87.7 cm³/mol. The summed E-state index contributed by atoms with van der Waals surface area (Å²) in [7, 11) is 0. The third-order valence-corrected chi connectivity index (χ3v) is 4.62. The molecule has 0 saturated heterocycles. The molecule has 1 unspecified atom stereocenters. The third-order valence-electron chi connectivity index (χ3n) is 3.45. The third kappa shape index (κ3) is 4.19. The van der Waals surface area contributed by atoms with Crippen molar-refractivity contribution in [2.75, 3.05) is 6.54 Å². The van der Waals surface area contributed by atoms with Crippen molar-refractivity contribution >= 4 is 23.2 Å².